The molecule has 1 unspecified atom stereocenters. The number of rotatable bonds is 6. The first-order valence-electron chi connectivity index (χ1n) is 8.72. The summed E-state index contributed by atoms with van der Waals surface area (Å²) in [5.74, 6) is -0.213. The fourth-order valence-electron chi connectivity index (χ4n) is 3.82. The van der Waals surface area contributed by atoms with Crippen molar-refractivity contribution in [2.45, 2.75) is 74.8 Å². The van der Waals surface area contributed by atoms with E-state index in [1.54, 1.807) is 0 Å². The Kier molecular flexibility index (Phi) is 4.83. The molecular weight excluding hydrogens is 344 g/mol. The minimum atomic E-state index is -1.17. The zero-order valence-corrected chi connectivity index (χ0v) is 15.4. The summed E-state index contributed by atoms with van der Waals surface area (Å²) in [6.45, 7) is 4.13. The summed E-state index contributed by atoms with van der Waals surface area (Å²) < 4.78 is 5.02. The molecule has 0 spiro atoms. The lowest BCUT2D eigenvalue weighted by atomic mass is 9.79. The molecule has 3 atom stereocenters. The third-order valence-electron chi connectivity index (χ3n) is 5.68. The molecular formula is C17H24N2O5S. The fourth-order valence-corrected chi connectivity index (χ4v) is 5.71. The third-order valence-corrected chi connectivity index (χ3v) is 7.53. The van der Waals surface area contributed by atoms with E-state index in [1.165, 1.54) is 0 Å². The molecule has 0 aromatic carbocycles. The van der Waals surface area contributed by atoms with Gasteiger partial charge in [-0.25, -0.2) is 4.79 Å². The van der Waals surface area contributed by atoms with Crippen LogP contribution in [0.5, 0.6) is 0 Å². The highest BCUT2D eigenvalue weighted by molar-refractivity contribution is 8.00. The summed E-state index contributed by atoms with van der Waals surface area (Å²) in [7, 11) is 0. The van der Waals surface area contributed by atoms with E-state index in [0.717, 1.165) is 18.6 Å². The SMILES string of the molecule is C[C@@]12CSC(CCCCC(=O)OC3C(=O)CCC3=O)[C@]1(C)NC(=O)N2. The number of hydrogen-bond donors (Lipinski definition) is 2. The van der Waals surface area contributed by atoms with Gasteiger partial charge in [-0.3, -0.25) is 14.4 Å². The van der Waals surface area contributed by atoms with Crippen molar-refractivity contribution in [3.05, 3.63) is 0 Å². The van der Waals surface area contributed by atoms with Crippen LogP contribution in [0, 0.1) is 0 Å². The lowest BCUT2D eigenvalue weighted by Crippen LogP contribution is -2.58. The van der Waals surface area contributed by atoms with Crippen molar-refractivity contribution in [3.63, 3.8) is 0 Å². The Balaban J connectivity index is 1.42. The van der Waals surface area contributed by atoms with Crippen LogP contribution in [-0.2, 0) is 19.1 Å². The Hall–Kier alpha value is -1.57. The van der Waals surface area contributed by atoms with Crippen LogP contribution in [0.15, 0.2) is 0 Å². The maximum atomic E-state index is 11.8. The molecule has 3 rings (SSSR count). The molecule has 3 aliphatic rings. The molecule has 1 saturated carbocycles. The zero-order chi connectivity index (χ0) is 18.2. The smallest absolute Gasteiger partial charge is 0.315 e. The summed E-state index contributed by atoms with van der Waals surface area (Å²) >= 11 is 1.84. The Morgan fingerprint density at radius 1 is 1.16 bits per heavy atom. The van der Waals surface area contributed by atoms with E-state index in [4.69, 9.17) is 4.74 Å². The van der Waals surface area contributed by atoms with Crippen molar-refractivity contribution in [3.8, 4) is 0 Å². The molecule has 1 aliphatic carbocycles. The first kappa shape index (κ1) is 18.2. The van der Waals surface area contributed by atoms with Crippen LogP contribution in [0.2, 0.25) is 0 Å². The van der Waals surface area contributed by atoms with Gasteiger partial charge in [0.25, 0.3) is 0 Å². The number of hydrogen-bond acceptors (Lipinski definition) is 6. The normalized spacial score (nSPS) is 34.8. The molecule has 2 heterocycles. The Morgan fingerprint density at radius 3 is 2.52 bits per heavy atom. The van der Waals surface area contributed by atoms with Crippen molar-refractivity contribution >= 4 is 35.3 Å². The van der Waals surface area contributed by atoms with Gasteiger partial charge < -0.3 is 15.4 Å². The molecule has 25 heavy (non-hydrogen) atoms. The van der Waals surface area contributed by atoms with E-state index in [0.29, 0.717) is 6.42 Å². The molecule has 3 fully saturated rings. The van der Waals surface area contributed by atoms with Gasteiger partial charge in [-0.15, -0.1) is 0 Å². The van der Waals surface area contributed by atoms with Gasteiger partial charge in [0.2, 0.25) is 6.10 Å². The second-order valence-electron chi connectivity index (χ2n) is 7.46. The van der Waals surface area contributed by atoms with E-state index in [2.05, 4.69) is 24.5 Å². The largest absolute Gasteiger partial charge is 0.446 e. The van der Waals surface area contributed by atoms with Crippen molar-refractivity contribution in [2.24, 2.45) is 0 Å². The van der Waals surface area contributed by atoms with Crippen molar-refractivity contribution < 1.29 is 23.9 Å². The van der Waals surface area contributed by atoms with Crippen molar-refractivity contribution in [1.29, 1.82) is 0 Å². The Bertz CT molecular complexity index is 608. The number of nitrogens with one attached hydrogen (secondary N) is 2. The van der Waals surface area contributed by atoms with Crippen LogP contribution in [-0.4, -0.2) is 51.8 Å². The Labute approximate surface area is 151 Å². The summed E-state index contributed by atoms with van der Waals surface area (Å²) in [5.41, 5.74) is -0.542. The molecule has 7 nitrogen and oxygen atoms in total. The van der Waals surface area contributed by atoms with Crippen LogP contribution in [0.1, 0.15) is 52.4 Å². The molecule has 2 amide bonds. The monoisotopic (exact) mass is 368 g/mol. The number of ether oxygens (including phenoxy) is 1. The van der Waals surface area contributed by atoms with Gasteiger partial charge in [-0.1, -0.05) is 6.42 Å². The summed E-state index contributed by atoms with van der Waals surface area (Å²) in [6, 6.07) is -0.121. The van der Waals surface area contributed by atoms with Crippen molar-refractivity contribution in [1.82, 2.24) is 10.6 Å². The number of unbranched alkanes of at least 4 members (excludes halogenated alkanes) is 1. The molecule has 2 saturated heterocycles. The van der Waals surface area contributed by atoms with Crippen molar-refractivity contribution in [2.75, 3.05) is 5.75 Å². The summed E-state index contributed by atoms with van der Waals surface area (Å²) in [4.78, 5) is 46.5. The number of carbonyl (C=O) groups is 4. The average molecular weight is 368 g/mol. The maximum Gasteiger partial charge on any atom is 0.315 e. The van der Waals surface area contributed by atoms with E-state index in [1.807, 2.05) is 11.8 Å². The first-order chi connectivity index (χ1) is 11.7. The van der Waals surface area contributed by atoms with Crippen LogP contribution in [0.3, 0.4) is 0 Å². The van der Waals surface area contributed by atoms with E-state index < -0.39 is 12.1 Å². The first-order valence-corrected chi connectivity index (χ1v) is 9.77. The van der Waals surface area contributed by atoms with Crippen LogP contribution >= 0.6 is 11.8 Å². The summed E-state index contributed by atoms with van der Waals surface area (Å²) in [5, 5.41) is 6.35. The molecule has 0 aromatic heterocycles. The number of urea groups is 1. The minimum Gasteiger partial charge on any atom is -0.446 e. The molecule has 2 N–H and O–H groups in total. The van der Waals surface area contributed by atoms with Crippen LogP contribution in [0.25, 0.3) is 0 Å². The molecule has 0 radical (unpaired) electrons. The van der Waals surface area contributed by atoms with Gasteiger partial charge in [0, 0.05) is 30.3 Å². The van der Waals surface area contributed by atoms with E-state index >= 15 is 0 Å². The number of fused-ring (bicyclic) bond motifs is 1. The number of thioether (sulfide) groups is 1. The molecule has 0 aromatic rings. The predicted octanol–water partition coefficient (Wildman–Crippen LogP) is 1.34. The number of esters is 1. The molecule has 8 heteroatoms. The number of carbonyl (C=O) groups excluding carboxylic acids is 4. The third kappa shape index (κ3) is 3.28. The van der Waals surface area contributed by atoms with Crippen LogP contribution in [0.4, 0.5) is 4.79 Å². The second kappa shape index (κ2) is 6.63. The fraction of sp³-hybridized carbons (Fsp3) is 0.765. The zero-order valence-electron chi connectivity index (χ0n) is 14.6. The molecule has 138 valence electrons. The van der Waals surface area contributed by atoms with E-state index in [-0.39, 0.29) is 53.2 Å². The van der Waals surface area contributed by atoms with Gasteiger partial charge in [-0.2, -0.15) is 11.8 Å². The van der Waals surface area contributed by atoms with Crippen LogP contribution < -0.4 is 10.6 Å². The highest BCUT2D eigenvalue weighted by Crippen LogP contribution is 2.47. The maximum absolute atomic E-state index is 11.8. The second-order valence-corrected chi connectivity index (χ2v) is 8.65. The lowest BCUT2D eigenvalue weighted by molar-refractivity contribution is -0.157. The van der Waals surface area contributed by atoms with Gasteiger partial charge in [0.15, 0.2) is 11.6 Å². The topological polar surface area (TPSA) is 102 Å². The van der Waals surface area contributed by atoms with Gasteiger partial charge >= 0.3 is 12.0 Å². The average Bonchev–Trinajstić information content (AvgIpc) is 3.05. The quantitative estimate of drug-likeness (QED) is 0.317. The van der Waals surface area contributed by atoms with Gasteiger partial charge in [0.05, 0.1) is 11.1 Å². The molecule has 2 aliphatic heterocycles. The minimum absolute atomic E-state index is 0.121. The highest BCUT2D eigenvalue weighted by atomic mass is 32.2. The summed E-state index contributed by atoms with van der Waals surface area (Å²) in [6.07, 6.45) is 1.72. The van der Waals surface area contributed by atoms with Gasteiger partial charge in [-0.05, 0) is 26.7 Å². The molecule has 0 bridgehead atoms. The number of Topliss-reactive ketones (excluding diaryl/α,β-unsaturated/α-hetero) is 2. The number of amides is 2. The van der Waals surface area contributed by atoms with E-state index in [9.17, 15) is 19.2 Å². The Morgan fingerprint density at radius 2 is 1.84 bits per heavy atom. The standard InChI is InChI=1S/C17H24N2O5S/c1-16-9-25-12(17(16,2)19-15(23)18-16)5-3-4-6-13(22)24-14-10(20)7-8-11(14)21/h12,14H,3-9H2,1-2H3,(H2,18,19,23)/t12?,16-,17+/m1/s1. The number of ketones is 2. The lowest BCUT2D eigenvalue weighted by Gasteiger charge is -2.35. The predicted molar refractivity (Wildman–Crippen MR) is 92.3 cm³/mol. The highest BCUT2D eigenvalue weighted by Gasteiger charge is 2.60. The van der Waals surface area contributed by atoms with Gasteiger partial charge in [0.1, 0.15) is 0 Å².